The Balaban J connectivity index is 2.29. The lowest BCUT2D eigenvalue weighted by Crippen LogP contribution is -2.15. The van der Waals surface area contributed by atoms with Gasteiger partial charge in [-0.05, 0) is 13.0 Å². The molecule has 22 heavy (non-hydrogen) atoms. The first kappa shape index (κ1) is 16.5. The third-order valence-electron chi connectivity index (χ3n) is 2.90. The van der Waals surface area contributed by atoms with Crippen molar-refractivity contribution in [2.45, 2.75) is 13.1 Å². The molecular formula is C12H9ClF3N3O2S. The number of pyridine rings is 1. The van der Waals surface area contributed by atoms with Crippen LogP contribution in [0.25, 0.3) is 0 Å². The van der Waals surface area contributed by atoms with Gasteiger partial charge in [-0.1, -0.05) is 22.9 Å². The van der Waals surface area contributed by atoms with Crippen LogP contribution in [0.5, 0.6) is 0 Å². The lowest BCUT2D eigenvalue weighted by Gasteiger charge is -2.09. The normalized spacial score (nSPS) is 11.5. The number of hydrogen-bond donors (Lipinski definition) is 1. The first-order valence-electron chi connectivity index (χ1n) is 5.81. The average molecular weight is 352 g/mol. The first-order valence-corrected chi connectivity index (χ1v) is 7.01. The van der Waals surface area contributed by atoms with Crippen LogP contribution in [0.15, 0.2) is 17.1 Å². The molecule has 1 N–H and O–H groups in total. The van der Waals surface area contributed by atoms with Crippen LogP contribution in [-0.4, -0.2) is 15.5 Å². The monoisotopic (exact) mass is 351 g/mol. The molecule has 0 bridgehead atoms. The van der Waals surface area contributed by atoms with Crippen LogP contribution in [-0.2, 0) is 13.2 Å². The van der Waals surface area contributed by atoms with Crippen LogP contribution in [0.4, 0.5) is 19.0 Å². The van der Waals surface area contributed by atoms with E-state index in [1.54, 1.807) is 6.92 Å². The number of amides is 1. The Kier molecular flexibility index (Phi) is 4.30. The third kappa shape index (κ3) is 3.14. The van der Waals surface area contributed by atoms with Gasteiger partial charge in [-0.25, -0.2) is 4.98 Å². The maximum atomic E-state index is 12.5. The summed E-state index contributed by atoms with van der Waals surface area (Å²) in [7, 11) is 1.51. The molecule has 5 nitrogen and oxygen atoms in total. The molecule has 0 saturated heterocycles. The van der Waals surface area contributed by atoms with E-state index in [-0.39, 0.29) is 20.6 Å². The fraction of sp³-hybridized carbons (Fsp3) is 0.250. The fourth-order valence-electron chi connectivity index (χ4n) is 1.58. The van der Waals surface area contributed by atoms with E-state index in [0.717, 1.165) is 11.3 Å². The summed E-state index contributed by atoms with van der Waals surface area (Å²) in [6, 6.07) is 0.671. The van der Waals surface area contributed by atoms with E-state index >= 15 is 0 Å². The number of rotatable bonds is 2. The van der Waals surface area contributed by atoms with Gasteiger partial charge < -0.3 is 9.88 Å². The average Bonchev–Trinajstić information content (AvgIpc) is 2.67. The highest BCUT2D eigenvalue weighted by atomic mass is 35.5. The number of carbonyl (C=O) groups excluding carboxylic acids is 1. The SMILES string of the molecule is Cc1c(C(=O)Nc2ncc(C(F)(F)F)cc2Cl)sc(=O)n1C. The number of thiazole rings is 1. The second-order valence-corrected chi connectivity index (χ2v) is 5.72. The maximum Gasteiger partial charge on any atom is 0.417 e. The minimum atomic E-state index is -4.57. The fourth-order valence-corrected chi connectivity index (χ4v) is 2.67. The van der Waals surface area contributed by atoms with Crippen molar-refractivity contribution in [3.8, 4) is 0 Å². The molecule has 0 aliphatic carbocycles. The second-order valence-electron chi connectivity index (χ2n) is 4.35. The van der Waals surface area contributed by atoms with E-state index in [0.29, 0.717) is 18.0 Å². The molecule has 1 amide bonds. The van der Waals surface area contributed by atoms with Crippen molar-refractivity contribution in [2.75, 3.05) is 5.32 Å². The zero-order valence-electron chi connectivity index (χ0n) is 11.3. The molecule has 0 fully saturated rings. The molecule has 0 radical (unpaired) electrons. The van der Waals surface area contributed by atoms with Crippen LogP contribution in [0.1, 0.15) is 20.9 Å². The molecule has 2 rings (SSSR count). The number of nitrogens with zero attached hydrogens (tertiary/aromatic N) is 2. The molecule has 0 spiro atoms. The molecule has 0 aromatic carbocycles. The minimum Gasteiger partial charge on any atom is -0.306 e. The molecular weight excluding hydrogens is 343 g/mol. The van der Waals surface area contributed by atoms with E-state index in [2.05, 4.69) is 10.3 Å². The zero-order valence-corrected chi connectivity index (χ0v) is 12.9. The summed E-state index contributed by atoms with van der Waals surface area (Å²) in [4.78, 5) is 26.9. The standard InChI is InChI=1S/C12H9ClF3N3O2S/c1-5-8(22-11(21)19(5)2)10(20)18-9-7(13)3-6(4-17-9)12(14,15)16/h3-4H,1-2H3,(H,17,18,20). The highest BCUT2D eigenvalue weighted by Gasteiger charge is 2.31. The minimum absolute atomic E-state index is 0.144. The Labute approximate surface area is 131 Å². The predicted octanol–water partition coefficient (Wildman–Crippen LogP) is 3.07. The van der Waals surface area contributed by atoms with Crippen molar-refractivity contribution in [1.82, 2.24) is 9.55 Å². The summed E-state index contributed by atoms with van der Waals surface area (Å²) in [5.74, 6) is -0.864. The first-order chi connectivity index (χ1) is 10.1. The number of hydrogen-bond acceptors (Lipinski definition) is 4. The lowest BCUT2D eigenvalue weighted by atomic mass is 10.2. The van der Waals surface area contributed by atoms with Gasteiger partial charge in [0, 0.05) is 18.9 Å². The summed E-state index contributed by atoms with van der Waals surface area (Å²) in [5.41, 5.74) is -0.577. The van der Waals surface area contributed by atoms with Crippen molar-refractivity contribution >= 4 is 34.7 Å². The van der Waals surface area contributed by atoms with Gasteiger partial charge in [0.25, 0.3) is 5.91 Å². The van der Waals surface area contributed by atoms with Crippen molar-refractivity contribution in [1.29, 1.82) is 0 Å². The highest BCUT2D eigenvalue weighted by molar-refractivity contribution is 7.11. The smallest absolute Gasteiger partial charge is 0.306 e. The van der Waals surface area contributed by atoms with Gasteiger partial charge >= 0.3 is 11.0 Å². The largest absolute Gasteiger partial charge is 0.417 e. The van der Waals surface area contributed by atoms with Gasteiger partial charge in [-0.15, -0.1) is 0 Å². The van der Waals surface area contributed by atoms with Crippen LogP contribution < -0.4 is 10.2 Å². The number of nitrogens with one attached hydrogen (secondary N) is 1. The molecule has 0 saturated carbocycles. The van der Waals surface area contributed by atoms with Gasteiger partial charge in [0.05, 0.1) is 10.6 Å². The van der Waals surface area contributed by atoms with Gasteiger partial charge in [0.2, 0.25) is 0 Å². The molecule has 0 atom stereocenters. The summed E-state index contributed by atoms with van der Waals surface area (Å²) in [6.45, 7) is 1.58. The summed E-state index contributed by atoms with van der Waals surface area (Å²) >= 11 is 6.43. The number of alkyl halides is 3. The number of anilines is 1. The van der Waals surface area contributed by atoms with Crippen LogP contribution in [0.2, 0.25) is 5.02 Å². The van der Waals surface area contributed by atoms with Gasteiger partial charge in [0.1, 0.15) is 4.88 Å². The summed E-state index contributed by atoms with van der Waals surface area (Å²) in [6.07, 6.45) is -4.00. The van der Waals surface area contributed by atoms with E-state index in [9.17, 15) is 22.8 Å². The highest BCUT2D eigenvalue weighted by Crippen LogP contribution is 2.32. The Morgan fingerprint density at radius 2 is 2.09 bits per heavy atom. The van der Waals surface area contributed by atoms with Crippen molar-refractivity contribution < 1.29 is 18.0 Å². The number of halogens is 4. The summed E-state index contributed by atoms with van der Waals surface area (Å²) in [5, 5.41) is 1.95. The molecule has 0 aliphatic heterocycles. The van der Waals surface area contributed by atoms with Gasteiger partial charge in [-0.3, -0.25) is 9.59 Å². The Morgan fingerprint density at radius 1 is 1.45 bits per heavy atom. The topological polar surface area (TPSA) is 64.0 Å². The molecule has 0 aliphatic rings. The third-order valence-corrected chi connectivity index (χ3v) is 4.32. The van der Waals surface area contributed by atoms with Crippen molar-refractivity contribution in [3.63, 3.8) is 0 Å². The van der Waals surface area contributed by atoms with Gasteiger partial charge in [0.15, 0.2) is 5.82 Å². The van der Waals surface area contributed by atoms with Crippen LogP contribution >= 0.6 is 22.9 Å². The lowest BCUT2D eigenvalue weighted by molar-refractivity contribution is -0.137. The van der Waals surface area contributed by atoms with Gasteiger partial charge in [-0.2, -0.15) is 13.2 Å². The molecule has 118 valence electrons. The molecule has 10 heteroatoms. The van der Waals surface area contributed by atoms with Crippen molar-refractivity contribution in [2.24, 2.45) is 7.05 Å². The van der Waals surface area contributed by atoms with Crippen LogP contribution in [0.3, 0.4) is 0 Å². The quantitative estimate of drug-likeness (QED) is 0.904. The molecule has 0 unspecified atom stereocenters. The maximum absolute atomic E-state index is 12.5. The van der Waals surface area contributed by atoms with E-state index in [1.165, 1.54) is 11.6 Å². The number of aromatic nitrogens is 2. The van der Waals surface area contributed by atoms with E-state index < -0.39 is 17.6 Å². The van der Waals surface area contributed by atoms with Crippen molar-refractivity contribution in [3.05, 3.63) is 43.1 Å². The Bertz CT molecular complexity index is 798. The van der Waals surface area contributed by atoms with E-state index in [1.807, 2.05) is 0 Å². The predicted molar refractivity (Wildman–Crippen MR) is 76.5 cm³/mol. The Hall–Kier alpha value is -1.87. The molecule has 2 aromatic heterocycles. The Morgan fingerprint density at radius 3 is 2.55 bits per heavy atom. The number of carbonyl (C=O) groups is 1. The van der Waals surface area contributed by atoms with E-state index in [4.69, 9.17) is 11.6 Å². The van der Waals surface area contributed by atoms with Crippen LogP contribution in [0, 0.1) is 6.92 Å². The molecule has 2 heterocycles. The second kappa shape index (κ2) is 5.73. The molecule has 2 aromatic rings. The zero-order chi connectivity index (χ0) is 16.7. The summed E-state index contributed by atoms with van der Waals surface area (Å²) < 4.78 is 38.8.